The molecule has 12 heteroatoms. The largest absolute Gasteiger partial charge is 0.286 e. The van der Waals surface area contributed by atoms with Gasteiger partial charge in [0.1, 0.15) is 12.2 Å². The number of rotatable bonds is 1. The molecule has 8 bridgehead atoms. The van der Waals surface area contributed by atoms with Crippen molar-refractivity contribution in [3.05, 3.63) is 17.4 Å². The topological polar surface area (TPSA) is 135 Å². The van der Waals surface area contributed by atoms with Crippen molar-refractivity contribution in [3.63, 3.8) is 0 Å². The summed E-state index contributed by atoms with van der Waals surface area (Å²) in [5.74, 6) is 6.01. The van der Waals surface area contributed by atoms with Crippen LogP contribution < -0.4 is 42.5 Å². The van der Waals surface area contributed by atoms with E-state index in [1.165, 1.54) is 89.9 Å². The fraction of sp³-hybridized carbons (Fsp3) is 0.914. The standard InChI is InChI=1S/C35H56ClN11/c36-35-38-16-37-26(47-35)23-14-7-15-24-25(23)34-45-32-22-13-6-5-12-21(22)30(43-32)41-28-18-9-2-1-8-17(18)27(39-28)40-29-19-10-3-4-11-20(19)31(42-29)44-33(24)46-34/h16-25,27-34,39-46H,1-15H2. The Hall–Kier alpha value is -1.02. The molecule has 5 aliphatic heterocycles. The van der Waals surface area contributed by atoms with Crippen LogP contribution in [0.5, 0.6) is 0 Å². The van der Waals surface area contributed by atoms with Crippen molar-refractivity contribution in [2.75, 3.05) is 0 Å². The van der Waals surface area contributed by atoms with Crippen molar-refractivity contribution in [1.29, 1.82) is 0 Å². The fourth-order valence-corrected chi connectivity index (χ4v) is 13.0. The predicted octanol–water partition coefficient (Wildman–Crippen LogP) is 2.84. The van der Waals surface area contributed by atoms with Crippen LogP contribution in [0, 0.1) is 47.3 Å². The first-order chi connectivity index (χ1) is 23.2. The van der Waals surface area contributed by atoms with Crippen LogP contribution in [-0.2, 0) is 0 Å². The molecule has 9 aliphatic rings. The molecule has 0 amide bonds. The summed E-state index contributed by atoms with van der Waals surface area (Å²) in [4.78, 5) is 13.6. The second-order valence-corrected chi connectivity index (χ2v) is 17.2. The summed E-state index contributed by atoms with van der Waals surface area (Å²) >= 11 is 6.37. The predicted molar refractivity (Wildman–Crippen MR) is 180 cm³/mol. The van der Waals surface area contributed by atoms with Gasteiger partial charge in [-0.1, -0.05) is 44.9 Å². The molecule has 1 aromatic heterocycles. The van der Waals surface area contributed by atoms with Crippen LogP contribution in [0.2, 0.25) is 5.28 Å². The fourth-order valence-electron chi connectivity index (χ4n) is 12.8. The number of hydrogen-bond acceptors (Lipinski definition) is 11. The molecule has 5 saturated heterocycles. The first kappa shape index (κ1) is 30.8. The van der Waals surface area contributed by atoms with Crippen molar-refractivity contribution in [2.24, 2.45) is 47.3 Å². The van der Waals surface area contributed by atoms with E-state index in [0.717, 1.165) is 12.2 Å². The molecular weight excluding hydrogens is 610 g/mol. The van der Waals surface area contributed by atoms with E-state index in [1.54, 1.807) is 6.33 Å². The second kappa shape index (κ2) is 12.6. The number of nitrogens with one attached hydrogen (secondary N) is 8. The molecule has 11 nitrogen and oxygen atoms in total. The third-order valence-corrected chi connectivity index (χ3v) is 15.0. The lowest BCUT2D eigenvalue weighted by Crippen LogP contribution is -2.61. The van der Waals surface area contributed by atoms with E-state index in [9.17, 15) is 0 Å². The molecule has 258 valence electrons. The minimum absolute atomic E-state index is 0.166. The summed E-state index contributed by atoms with van der Waals surface area (Å²) in [6, 6.07) is 0. The molecule has 17 atom stereocenters. The van der Waals surface area contributed by atoms with Crippen molar-refractivity contribution >= 4 is 11.6 Å². The summed E-state index contributed by atoms with van der Waals surface area (Å²) in [6.45, 7) is 0. The van der Waals surface area contributed by atoms with Crippen molar-refractivity contribution < 1.29 is 0 Å². The van der Waals surface area contributed by atoms with E-state index in [-0.39, 0.29) is 24.4 Å². The molecule has 4 saturated carbocycles. The lowest BCUT2D eigenvalue weighted by atomic mass is 9.71. The highest BCUT2D eigenvalue weighted by Crippen LogP contribution is 2.48. The minimum atomic E-state index is 0.166. The van der Waals surface area contributed by atoms with Crippen LogP contribution in [0.15, 0.2) is 6.33 Å². The Balaban J connectivity index is 1.01. The van der Waals surface area contributed by atoms with E-state index >= 15 is 0 Å². The first-order valence-corrected chi connectivity index (χ1v) is 20.0. The SMILES string of the molecule is Clc1ncnc(C2CCCC3C4NC5NC(NC6NC(NC7NC(NC(N4)C23)C2CCCCC72)C2CCCCC62)C2CCCCC52)n1. The van der Waals surface area contributed by atoms with E-state index in [4.69, 9.17) is 21.6 Å². The molecule has 17 unspecified atom stereocenters. The van der Waals surface area contributed by atoms with Crippen molar-refractivity contribution in [3.8, 4) is 0 Å². The van der Waals surface area contributed by atoms with Gasteiger partial charge in [-0.25, -0.2) is 15.0 Å². The van der Waals surface area contributed by atoms with Gasteiger partial charge in [-0.05, 0) is 104 Å². The Kier molecular flexibility index (Phi) is 8.27. The van der Waals surface area contributed by atoms with Gasteiger partial charge in [0.15, 0.2) is 0 Å². The Morgan fingerprint density at radius 3 is 1.19 bits per heavy atom. The van der Waals surface area contributed by atoms with Gasteiger partial charge in [0, 0.05) is 11.8 Å². The van der Waals surface area contributed by atoms with Gasteiger partial charge in [-0.15, -0.1) is 0 Å². The molecular formula is C35H56ClN11. The Morgan fingerprint density at radius 1 is 0.426 bits per heavy atom. The molecule has 6 heterocycles. The lowest BCUT2D eigenvalue weighted by Gasteiger charge is -2.38. The molecule has 0 aromatic carbocycles. The van der Waals surface area contributed by atoms with Crippen LogP contribution in [0.25, 0.3) is 0 Å². The molecule has 0 radical (unpaired) electrons. The smallest absolute Gasteiger partial charge is 0.225 e. The highest BCUT2D eigenvalue weighted by molar-refractivity contribution is 6.28. The summed E-state index contributed by atoms with van der Waals surface area (Å²) in [7, 11) is 0. The Labute approximate surface area is 284 Å². The number of fused-ring (bicyclic) bond motifs is 20. The van der Waals surface area contributed by atoms with E-state index in [0.29, 0.717) is 83.5 Å². The van der Waals surface area contributed by atoms with Crippen LogP contribution in [0.1, 0.15) is 108 Å². The third-order valence-electron chi connectivity index (χ3n) is 14.8. The maximum absolute atomic E-state index is 6.37. The first-order valence-electron chi connectivity index (χ1n) is 19.6. The molecule has 1 aromatic rings. The van der Waals surface area contributed by atoms with E-state index in [1.807, 2.05) is 0 Å². The van der Waals surface area contributed by atoms with Crippen molar-refractivity contribution in [1.82, 2.24) is 57.5 Å². The number of nitrogens with zero attached hydrogens (tertiary/aromatic N) is 3. The van der Waals surface area contributed by atoms with Gasteiger partial charge in [-0.3, -0.25) is 42.5 Å². The van der Waals surface area contributed by atoms with E-state index < -0.39 is 0 Å². The highest BCUT2D eigenvalue weighted by Gasteiger charge is 2.56. The van der Waals surface area contributed by atoms with Crippen LogP contribution in [0.3, 0.4) is 0 Å². The molecule has 4 aliphatic carbocycles. The second-order valence-electron chi connectivity index (χ2n) is 16.9. The summed E-state index contributed by atoms with van der Waals surface area (Å²) in [6.07, 6.45) is 23.5. The third kappa shape index (κ3) is 5.41. The maximum atomic E-state index is 6.37. The van der Waals surface area contributed by atoms with Gasteiger partial charge < -0.3 is 0 Å². The van der Waals surface area contributed by atoms with E-state index in [2.05, 4.69) is 47.5 Å². The number of hydrogen-bond donors (Lipinski definition) is 8. The zero-order chi connectivity index (χ0) is 31.1. The normalized spacial score (nSPS) is 52.3. The molecule has 0 spiro atoms. The molecule has 8 N–H and O–H groups in total. The average molecular weight is 666 g/mol. The molecule has 9 fully saturated rings. The monoisotopic (exact) mass is 665 g/mol. The van der Waals surface area contributed by atoms with Crippen LogP contribution in [-0.4, -0.2) is 64.3 Å². The zero-order valence-electron chi connectivity index (χ0n) is 27.7. The summed E-state index contributed by atoms with van der Waals surface area (Å²) in [5, 5.41) is 34.1. The van der Waals surface area contributed by atoms with Gasteiger partial charge >= 0.3 is 0 Å². The van der Waals surface area contributed by atoms with Gasteiger partial charge in [0.2, 0.25) is 5.28 Å². The quantitative estimate of drug-likeness (QED) is 0.225. The number of halogens is 1. The summed E-state index contributed by atoms with van der Waals surface area (Å²) < 4.78 is 0. The lowest BCUT2D eigenvalue weighted by molar-refractivity contribution is 0.152. The Bertz CT molecular complexity index is 1290. The van der Waals surface area contributed by atoms with Gasteiger partial charge in [0.05, 0.1) is 49.3 Å². The van der Waals surface area contributed by atoms with Crippen molar-refractivity contribution in [2.45, 2.75) is 152 Å². The highest BCUT2D eigenvalue weighted by atomic mass is 35.5. The minimum Gasteiger partial charge on any atom is -0.286 e. The molecule has 10 rings (SSSR count). The Morgan fingerprint density at radius 2 is 0.787 bits per heavy atom. The maximum Gasteiger partial charge on any atom is 0.225 e. The average Bonchev–Trinajstić information content (AvgIpc) is 3.84. The van der Waals surface area contributed by atoms with Crippen LogP contribution in [0.4, 0.5) is 0 Å². The molecule has 47 heavy (non-hydrogen) atoms. The van der Waals surface area contributed by atoms with Crippen LogP contribution >= 0.6 is 11.6 Å². The van der Waals surface area contributed by atoms with Gasteiger partial charge in [-0.2, -0.15) is 0 Å². The number of aromatic nitrogens is 3. The zero-order valence-corrected chi connectivity index (χ0v) is 28.5. The van der Waals surface area contributed by atoms with Gasteiger partial charge in [0.25, 0.3) is 0 Å². The summed E-state index contributed by atoms with van der Waals surface area (Å²) in [5.41, 5.74) is 0.